The van der Waals surface area contributed by atoms with Crippen LogP contribution in [0, 0.1) is 0 Å². The monoisotopic (exact) mass is 461 g/mol. The first-order chi connectivity index (χ1) is 16.1. The fraction of sp³-hybridized carbons (Fsp3) is 0.370. The van der Waals surface area contributed by atoms with Gasteiger partial charge in [0.2, 0.25) is 0 Å². The van der Waals surface area contributed by atoms with Crippen LogP contribution in [0.15, 0.2) is 47.3 Å². The Morgan fingerprint density at radius 2 is 1.79 bits per heavy atom. The molecule has 4 aromatic rings. The van der Waals surface area contributed by atoms with E-state index in [2.05, 4.69) is 10.2 Å². The van der Waals surface area contributed by atoms with Crippen molar-refractivity contribution in [2.24, 2.45) is 7.05 Å². The molecule has 1 aromatic heterocycles. The van der Waals surface area contributed by atoms with Crippen molar-refractivity contribution in [3.8, 4) is 5.75 Å². The number of aromatic nitrogens is 1. The number of fused-ring (bicyclic) bond motifs is 5. The van der Waals surface area contributed by atoms with E-state index in [4.69, 9.17) is 4.74 Å². The number of benzene rings is 3. The molecular weight excluding hydrogens is 430 g/mol. The first-order valence-electron chi connectivity index (χ1n) is 11.6. The maximum Gasteiger partial charge on any atom is 0.199 e. The van der Waals surface area contributed by atoms with Crippen LogP contribution in [0.4, 0.5) is 5.69 Å². The van der Waals surface area contributed by atoms with Gasteiger partial charge in [0.15, 0.2) is 5.43 Å². The summed E-state index contributed by atoms with van der Waals surface area (Å²) in [5.74, 6) is 0.470. The number of aryl methyl sites for hydroxylation is 1. The number of hydrogen-bond donors (Lipinski definition) is 3. The van der Waals surface area contributed by atoms with Crippen LogP contribution in [0.25, 0.3) is 32.6 Å². The highest BCUT2D eigenvalue weighted by molar-refractivity contribution is 6.06. The lowest BCUT2D eigenvalue weighted by atomic mass is 9.86. The van der Waals surface area contributed by atoms with Gasteiger partial charge in [-0.3, -0.25) is 4.79 Å². The maximum absolute atomic E-state index is 14.0. The smallest absolute Gasteiger partial charge is 0.199 e. The molecule has 3 aromatic carbocycles. The summed E-state index contributed by atoms with van der Waals surface area (Å²) in [4.78, 5) is 16.0. The second-order valence-electron chi connectivity index (χ2n) is 9.99. The van der Waals surface area contributed by atoms with Gasteiger partial charge in [-0.2, -0.15) is 0 Å². The van der Waals surface area contributed by atoms with E-state index in [1.807, 2.05) is 62.1 Å². The highest BCUT2D eigenvalue weighted by Gasteiger charge is 2.44. The fourth-order valence-electron chi connectivity index (χ4n) is 4.99. The van der Waals surface area contributed by atoms with Crippen LogP contribution in [0.3, 0.4) is 0 Å². The van der Waals surface area contributed by atoms with Gasteiger partial charge in [-0.25, -0.2) is 0 Å². The number of aliphatic hydroxyl groups excluding tert-OH is 2. The van der Waals surface area contributed by atoms with Crippen LogP contribution in [0.5, 0.6) is 5.75 Å². The Morgan fingerprint density at radius 1 is 1.12 bits per heavy atom. The largest absolute Gasteiger partial charge is 0.484 e. The van der Waals surface area contributed by atoms with Crippen molar-refractivity contribution in [2.75, 3.05) is 32.5 Å². The normalized spacial score (nSPS) is 19.5. The molecule has 2 atom stereocenters. The lowest BCUT2D eigenvalue weighted by Gasteiger charge is -2.41. The minimum Gasteiger partial charge on any atom is -0.484 e. The summed E-state index contributed by atoms with van der Waals surface area (Å²) in [6, 6.07) is 13.7. The third-order valence-electron chi connectivity index (χ3n) is 6.89. The number of nitrogens with one attached hydrogen (secondary N) is 1. The zero-order valence-corrected chi connectivity index (χ0v) is 20.2. The molecule has 34 heavy (non-hydrogen) atoms. The van der Waals surface area contributed by atoms with Crippen molar-refractivity contribution in [1.29, 1.82) is 0 Å². The first-order valence-corrected chi connectivity index (χ1v) is 11.6. The molecular formula is C27H31N3O4. The fourth-order valence-corrected chi connectivity index (χ4v) is 4.99. The number of anilines is 1. The molecule has 1 aliphatic heterocycles. The quantitative estimate of drug-likeness (QED) is 0.404. The Morgan fingerprint density at radius 3 is 2.47 bits per heavy atom. The van der Waals surface area contributed by atoms with Gasteiger partial charge >= 0.3 is 0 Å². The lowest BCUT2D eigenvalue weighted by molar-refractivity contribution is -0.111. The van der Waals surface area contributed by atoms with E-state index < -0.39 is 17.8 Å². The van der Waals surface area contributed by atoms with Crippen LogP contribution in [-0.4, -0.2) is 58.6 Å². The third kappa shape index (κ3) is 3.43. The molecule has 5 rings (SSSR count). The van der Waals surface area contributed by atoms with E-state index in [-0.39, 0.29) is 5.43 Å². The number of rotatable bonds is 4. The predicted octanol–water partition coefficient (Wildman–Crippen LogP) is 3.38. The number of hydrogen-bond acceptors (Lipinski definition) is 6. The molecule has 2 heterocycles. The molecule has 178 valence electrons. The molecule has 7 nitrogen and oxygen atoms in total. The summed E-state index contributed by atoms with van der Waals surface area (Å²) in [7, 11) is 5.88. The van der Waals surface area contributed by atoms with E-state index in [9.17, 15) is 15.0 Å². The zero-order chi connectivity index (χ0) is 24.4. The SMILES string of the molecule is CN(C)CCNc1cc2c(c3c1c(=O)c1cc4ccccc4cc1n3C)[C@H](O)[C@@H](O)C(C)(C)O2. The van der Waals surface area contributed by atoms with E-state index in [1.54, 1.807) is 19.9 Å². The van der Waals surface area contributed by atoms with Crippen molar-refractivity contribution in [1.82, 2.24) is 9.47 Å². The summed E-state index contributed by atoms with van der Waals surface area (Å²) < 4.78 is 8.12. The molecule has 0 aliphatic carbocycles. The molecule has 0 saturated carbocycles. The number of aliphatic hydroxyl groups is 2. The van der Waals surface area contributed by atoms with Crippen molar-refractivity contribution < 1.29 is 14.9 Å². The Kier molecular flexibility index (Phi) is 5.31. The summed E-state index contributed by atoms with van der Waals surface area (Å²) in [6.07, 6.45) is -2.33. The maximum atomic E-state index is 14.0. The molecule has 0 bridgehead atoms. The summed E-state index contributed by atoms with van der Waals surface area (Å²) in [5, 5.41) is 28.5. The molecule has 0 spiro atoms. The van der Waals surface area contributed by atoms with Gasteiger partial charge in [-0.1, -0.05) is 24.3 Å². The van der Waals surface area contributed by atoms with Crippen LogP contribution in [0.2, 0.25) is 0 Å². The van der Waals surface area contributed by atoms with Gasteiger partial charge in [0.25, 0.3) is 0 Å². The van der Waals surface area contributed by atoms with Gasteiger partial charge in [-0.05, 0) is 50.8 Å². The van der Waals surface area contributed by atoms with Gasteiger partial charge in [0, 0.05) is 37.2 Å². The number of pyridine rings is 1. The van der Waals surface area contributed by atoms with E-state index in [1.165, 1.54) is 0 Å². The van der Waals surface area contributed by atoms with Crippen molar-refractivity contribution in [3.05, 3.63) is 58.3 Å². The van der Waals surface area contributed by atoms with Crippen LogP contribution < -0.4 is 15.5 Å². The number of nitrogens with zero attached hydrogens (tertiary/aromatic N) is 2. The van der Waals surface area contributed by atoms with Gasteiger partial charge in [-0.15, -0.1) is 0 Å². The molecule has 7 heteroatoms. The van der Waals surface area contributed by atoms with Crippen molar-refractivity contribution in [2.45, 2.75) is 31.7 Å². The topological polar surface area (TPSA) is 87.0 Å². The molecule has 0 saturated heterocycles. The Labute approximate surface area is 198 Å². The molecule has 1 aliphatic rings. The highest BCUT2D eigenvalue weighted by atomic mass is 16.5. The molecule has 3 N–H and O–H groups in total. The van der Waals surface area contributed by atoms with E-state index >= 15 is 0 Å². The standard InChI is InChI=1S/C27H31N3O4/c1-27(2)26(33)25(32)22-20(34-27)14-18(28-10-11-29(3)4)21-23(22)30(5)19-13-16-9-7-6-8-15(16)12-17(19)24(21)31/h6-9,12-14,25-26,28,32-33H,10-11H2,1-5H3/t25-,26+/m0/s1. The van der Waals surface area contributed by atoms with Crippen LogP contribution >= 0.6 is 0 Å². The van der Waals surface area contributed by atoms with Gasteiger partial charge < -0.3 is 29.7 Å². The summed E-state index contributed by atoms with van der Waals surface area (Å²) in [6.45, 7) is 4.91. The van der Waals surface area contributed by atoms with Crippen molar-refractivity contribution in [3.63, 3.8) is 0 Å². The highest BCUT2D eigenvalue weighted by Crippen LogP contribution is 2.45. The van der Waals surface area contributed by atoms with E-state index in [0.717, 1.165) is 22.8 Å². The average molecular weight is 462 g/mol. The zero-order valence-electron chi connectivity index (χ0n) is 20.2. The second kappa shape index (κ2) is 7.98. The molecule has 0 amide bonds. The molecule has 0 radical (unpaired) electrons. The van der Waals surface area contributed by atoms with E-state index in [0.29, 0.717) is 39.8 Å². The molecule has 0 fully saturated rings. The van der Waals surface area contributed by atoms with Crippen LogP contribution in [0.1, 0.15) is 25.5 Å². The molecule has 0 unspecified atom stereocenters. The number of likely N-dealkylation sites (N-methyl/N-ethyl adjacent to an activating group) is 1. The van der Waals surface area contributed by atoms with Gasteiger partial charge in [0.05, 0.1) is 22.1 Å². The second-order valence-corrected chi connectivity index (χ2v) is 9.99. The Balaban J connectivity index is 1.89. The number of ether oxygens (including phenoxy) is 1. The summed E-state index contributed by atoms with van der Waals surface area (Å²) in [5.41, 5.74) is 1.33. The van der Waals surface area contributed by atoms with Crippen molar-refractivity contribution >= 4 is 38.3 Å². The first kappa shape index (κ1) is 22.7. The van der Waals surface area contributed by atoms with Crippen LogP contribution in [-0.2, 0) is 7.05 Å². The minimum atomic E-state index is -1.19. The predicted molar refractivity (Wildman–Crippen MR) is 137 cm³/mol. The minimum absolute atomic E-state index is 0.115. The van der Waals surface area contributed by atoms with Gasteiger partial charge in [0.1, 0.15) is 23.6 Å². The average Bonchev–Trinajstić information content (AvgIpc) is 2.79. The third-order valence-corrected chi connectivity index (χ3v) is 6.89. The Bertz CT molecular complexity index is 1490. The lowest BCUT2D eigenvalue weighted by Crippen LogP contribution is -2.49. The Hall–Kier alpha value is -3.13. The summed E-state index contributed by atoms with van der Waals surface area (Å²) >= 11 is 0.